The molecule has 0 aromatic carbocycles. The maximum absolute atomic E-state index is 11.6. The molecule has 0 spiro atoms. The SMILES string of the molecule is O=C(COCC(=O)OCC1CCC2OC2C1)OCC1CCCC(O)C1. The fourth-order valence-electron chi connectivity index (χ4n) is 3.77. The first-order chi connectivity index (χ1) is 12.1. The van der Waals surface area contributed by atoms with Crippen LogP contribution in [0.15, 0.2) is 0 Å². The van der Waals surface area contributed by atoms with Gasteiger partial charge in [0.05, 0.1) is 31.5 Å². The van der Waals surface area contributed by atoms with Gasteiger partial charge in [-0.1, -0.05) is 6.42 Å². The van der Waals surface area contributed by atoms with Gasteiger partial charge in [0.1, 0.15) is 13.2 Å². The van der Waals surface area contributed by atoms with E-state index >= 15 is 0 Å². The molecule has 1 saturated heterocycles. The molecule has 0 aromatic heterocycles. The number of hydrogen-bond donors (Lipinski definition) is 1. The molecular formula is C18H28O7. The van der Waals surface area contributed by atoms with Gasteiger partial charge in [-0.15, -0.1) is 0 Å². The number of ether oxygens (including phenoxy) is 4. The lowest BCUT2D eigenvalue weighted by atomic mass is 9.88. The van der Waals surface area contributed by atoms with Crippen LogP contribution in [0, 0.1) is 11.8 Å². The lowest BCUT2D eigenvalue weighted by molar-refractivity contribution is -0.157. The Bertz CT molecular complexity index is 444. The highest BCUT2D eigenvalue weighted by Gasteiger charge is 2.43. The van der Waals surface area contributed by atoms with Gasteiger partial charge >= 0.3 is 11.9 Å². The zero-order chi connectivity index (χ0) is 17.6. The molecule has 0 amide bonds. The predicted molar refractivity (Wildman–Crippen MR) is 86.7 cm³/mol. The van der Waals surface area contributed by atoms with Gasteiger partial charge in [0, 0.05) is 0 Å². The number of carbonyl (C=O) groups is 2. The summed E-state index contributed by atoms with van der Waals surface area (Å²) < 4.78 is 20.9. The first kappa shape index (κ1) is 18.6. The van der Waals surface area contributed by atoms with Crippen LogP contribution in [0.3, 0.4) is 0 Å². The fraction of sp³-hybridized carbons (Fsp3) is 0.889. The van der Waals surface area contributed by atoms with Crippen LogP contribution in [0.5, 0.6) is 0 Å². The van der Waals surface area contributed by atoms with E-state index < -0.39 is 11.9 Å². The summed E-state index contributed by atoms with van der Waals surface area (Å²) in [5.74, 6) is -0.370. The van der Waals surface area contributed by atoms with E-state index in [9.17, 15) is 14.7 Å². The average Bonchev–Trinajstić information content (AvgIpc) is 3.37. The van der Waals surface area contributed by atoms with Crippen LogP contribution >= 0.6 is 0 Å². The molecule has 5 atom stereocenters. The van der Waals surface area contributed by atoms with E-state index in [-0.39, 0.29) is 25.2 Å². The second kappa shape index (κ2) is 8.96. The Kier molecular flexibility index (Phi) is 6.67. The lowest BCUT2D eigenvalue weighted by Crippen LogP contribution is -2.26. The first-order valence-electron chi connectivity index (χ1n) is 9.32. The first-order valence-corrected chi connectivity index (χ1v) is 9.32. The Morgan fingerprint density at radius 3 is 2.20 bits per heavy atom. The van der Waals surface area contributed by atoms with Crippen LogP contribution in [-0.2, 0) is 28.5 Å². The zero-order valence-electron chi connectivity index (χ0n) is 14.6. The van der Waals surface area contributed by atoms with Crippen LogP contribution < -0.4 is 0 Å². The second-order valence-electron chi connectivity index (χ2n) is 7.44. The van der Waals surface area contributed by atoms with Crippen molar-refractivity contribution in [3.05, 3.63) is 0 Å². The minimum atomic E-state index is -0.489. The Morgan fingerprint density at radius 2 is 1.56 bits per heavy atom. The third-order valence-electron chi connectivity index (χ3n) is 5.27. The normalized spacial score (nSPS) is 34.0. The van der Waals surface area contributed by atoms with Gasteiger partial charge in [-0.2, -0.15) is 0 Å². The molecule has 3 aliphatic rings. The monoisotopic (exact) mass is 356 g/mol. The van der Waals surface area contributed by atoms with Gasteiger partial charge in [0.15, 0.2) is 0 Å². The van der Waals surface area contributed by atoms with E-state index in [0.717, 1.165) is 38.5 Å². The largest absolute Gasteiger partial charge is 0.464 e. The van der Waals surface area contributed by atoms with Crippen molar-refractivity contribution in [3.63, 3.8) is 0 Å². The minimum absolute atomic E-state index is 0.211. The van der Waals surface area contributed by atoms with Crippen molar-refractivity contribution in [2.45, 2.75) is 63.3 Å². The maximum atomic E-state index is 11.6. The second-order valence-corrected chi connectivity index (χ2v) is 7.44. The molecule has 7 heteroatoms. The number of aliphatic hydroxyl groups is 1. The molecule has 0 radical (unpaired) electrons. The molecule has 1 aliphatic heterocycles. The fourth-order valence-corrected chi connectivity index (χ4v) is 3.77. The molecule has 1 N–H and O–H groups in total. The topological polar surface area (TPSA) is 94.6 Å². The Balaban J connectivity index is 1.20. The summed E-state index contributed by atoms with van der Waals surface area (Å²) in [6.45, 7) is 0.191. The molecule has 0 bridgehead atoms. The molecule has 2 aliphatic carbocycles. The molecule has 7 nitrogen and oxygen atoms in total. The smallest absolute Gasteiger partial charge is 0.332 e. The van der Waals surface area contributed by atoms with E-state index in [1.807, 2.05) is 0 Å². The average molecular weight is 356 g/mol. The quantitative estimate of drug-likeness (QED) is 0.516. The summed E-state index contributed by atoms with van der Waals surface area (Å²) >= 11 is 0. The molecule has 25 heavy (non-hydrogen) atoms. The van der Waals surface area contributed by atoms with Crippen molar-refractivity contribution in [2.75, 3.05) is 26.4 Å². The Labute approximate surface area is 147 Å². The van der Waals surface area contributed by atoms with Gasteiger partial charge in [-0.3, -0.25) is 0 Å². The molecule has 3 rings (SSSR count). The van der Waals surface area contributed by atoms with Gasteiger partial charge in [-0.25, -0.2) is 9.59 Å². The summed E-state index contributed by atoms with van der Waals surface area (Å²) in [5, 5.41) is 9.59. The highest BCUT2D eigenvalue weighted by Crippen LogP contribution is 2.39. The molecule has 5 unspecified atom stereocenters. The lowest BCUT2D eigenvalue weighted by Gasteiger charge is -2.25. The predicted octanol–water partition coefficient (Wildman–Crippen LogP) is 1.21. The van der Waals surface area contributed by atoms with E-state index in [0.29, 0.717) is 37.8 Å². The molecule has 3 fully saturated rings. The highest BCUT2D eigenvalue weighted by molar-refractivity contribution is 5.73. The summed E-state index contributed by atoms with van der Waals surface area (Å²) in [4.78, 5) is 23.3. The molecule has 142 valence electrons. The third-order valence-corrected chi connectivity index (χ3v) is 5.27. The van der Waals surface area contributed by atoms with Gasteiger partial charge in [-0.05, 0) is 50.4 Å². The molecule has 1 heterocycles. The van der Waals surface area contributed by atoms with Crippen molar-refractivity contribution in [1.29, 1.82) is 0 Å². The summed E-state index contributed by atoms with van der Waals surface area (Å²) in [6.07, 6.45) is 6.98. The number of fused-ring (bicyclic) bond motifs is 1. The van der Waals surface area contributed by atoms with Crippen molar-refractivity contribution in [3.8, 4) is 0 Å². The van der Waals surface area contributed by atoms with Crippen LogP contribution in [0.25, 0.3) is 0 Å². The maximum Gasteiger partial charge on any atom is 0.332 e. The number of epoxide rings is 1. The zero-order valence-corrected chi connectivity index (χ0v) is 14.6. The summed E-state index contributed by atoms with van der Waals surface area (Å²) in [6, 6.07) is 0. The van der Waals surface area contributed by atoms with Gasteiger partial charge in [0.2, 0.25) is 0 Å². The highest BCUT2D eigenvalue weighted by atomic mass is 16.6. The number of rotatable bonds is 8. The van der Waals surface area contributed by atoms with E-state index in [2.05, 4.69) is 0 Å². The molecular weight excluding hydrogens is 328 g/mol. The van der Waals surface area contributed by atoms with Crippen LogP contribution in [-0.4, -0.2) is 61.8 Å². The summed E-state index contributed by atoms with van der Waals surface area (Å²) in [5.41, 5.74) is 0. The van der Waals surface area contributed by atoms with E-state index in [1.165, 1.54) is 0 Å². The van der Waals surface area contributed by atoms with E-state index in [4.69, 9.17) is 18.9 Å². The molecule has 0 aromatic rings. The number of aliphatic hydroxyl groups excluding tert-OH is 1. The van der Waals surface area contributed by atoms with Crippen molar-refractivity contribution >= 4 is 11.9 Å². The van der Waals surface area contributed by atoms with Crippen molar-refractivity contribution < 1.29 is 33.6 Å². The number of esters is 2. The van der Waals surface area contributed by atoms with Crippen LogP contribution in [0.2, 0.25) is 0 Å². The van der Waals surface area contributed by atoms with Crippen LogP contribution in [0.1, 0.15) is 44.9 Å². The molecule has 2 saturated carbocycles. The number of carbonyl (C=O) groups excluding carboxylic acids is 2. The minimum Gasteiger partial charge on any atom is -0.464 e. The van der Waals surface area contributed by atoms with Gasteiger partial charge in [0.25, 0.3) is 0 Å². The summed E-state index contributed by atoms with van der Waals surface area (Å²) in [7, 11) is 0. The van der Waals surface area contributed by atoms with E-state index in [1.54, 1.807) is 0 Å². The number of hydrogen-bond acceptors (Lipinski definition) is 7. The van der Waals surface area contributed by atoms with Crippen molar-refractivity contribution in [2.24, 2.45) is 11.8 Å². The Hall–Kier alpha value is -1.18. The standard InChI is InChI=1S/C18H28O7/c19-14-3-1-2-12(6-14)8-23-17(20)10-22-11-18(21)24-9-13-4-5-15-16(7-13)25-15/h12-16,19H,1-11H2. The van der Waals surface area contributed by atoms with Gasteiger partial charge < -0.3 is 24.1 Å². The van der Waals surface area contributed by atoms with Crippen molar-refractivity contribution in [1.82, 2.24) is 0 Å². The Morgan fingerprint density at radius 1 is 0.880 bits per heavy atom. The van der Waals surface area contributed by atoms with Crippen LogP contribution in [0.4, 0.5) is 0 Å². The third kappa shape index (κ3) is 6.24.